The van der Waals surface area contributed by atoms with Crippen molar-refractivity contribution in [3.05, 3.63) is 75.9 Å². The van der Waals surface area contributed by atoms with E-state index < -0.39 is 11.5 Å². The van der Waals surface area contributed by atoms with Gasteiger partial charge in [0, 0.05) is 23.9 Å². The maximum Gasteiger partial charge on any atom is 0.335 e. The molecule has 2 N–H and O–H groups in total. The van der Waals surface area contributed by atoms with Crippen LogP contribution in [-0.4, -0.2) is 42.3 Å². The molecule has 1 aliphatic rings. The number of aromatic carboxylic acids is 1. The summed E-state index contributed by atoms with van der Waals surface area (Å²) in [5, 5.41) is 13.1. The number of nitrogens with one attached hydrogen (secondary N) is 1. The fraction of sp³-hybridized carbons (Fsp3) is 0.407. The first kappa shape index (κ1) is 25.8. The number of nitrogens with zero attached hydrogens (tertiary/aromatic N) is 1. The van der Waals surface area contributed by atoms with Crippen molar-refractivity contribution < 1.29 is 19.4 Å². The van der Waals surface area contributed by atoms with Crippen molar-refractivity contribution >= 4 is 29.2 Å². The molecule has 2 aromatic rings. The zero-order valence-electron chi connectivity index (χ0n) is 20.4. The van der Waals surface area contributed by atoms with Crippen LogP contribution in [0.3, 0.4) is 0 Å². The molecule has 0 aliphatic carbocycles. The number of aryl methyl sites for hydroxylation is 1. The molecule has 3 rings (SSSR count). The number of carboxylic acids is 1. The number of carbonyl (C=O) groups excluding carboxylic acids is 1. The Morgan fingerprint density at radius 2 is 1.85 bits per heavy atom. The predicted octanol–water partition coefficient (Wildman–Crippen LogP) is 5.94. The van der Waals surface area contributed by atoms with E-state index in [9.17, 15) is 14.7 Å². The number of hydrogen-bond donors (Lipinski definition) is 2. The fourth-order valence-corrected chi connectivity index (χ4v) is 4.28. The lowest BCUT2D eigenvalue weighted by atomic mass is 9.79. The Hall–Kier alpha value is -2.83. The minimum Gasteiger partial charge on any atom is -0.478 e. The van der Waals surface area contributed by atoms with Crippen LogP contribution in [0.25, 0.3) is 5.57 Å². The third-order valence-electron chi connectivity index (χ3n) is 6.20. The van der Waals surface area contributed by atoms with Gasteiger partial charge in [0.15, 0.2) is 0 Å². The normalized spacial score (nSPS) is 18.5. The van der Waals surface area contributed by atoms with Gasteiger partial charge in [0.25, 0.3) is 0 Å². The average molecular weight is 485 g/mol. The van der Waals surface area contributed by atoms with E-state index >= 15 is 0 Å². The Morgan fingerprint density at radius 3 is 2.41 bits per heavy atom. The quantitative estimate of drug-likeness (QED) is 0.485. The number of urea groups is 1. The zero-order chi connectivity index (χ0) is 25.1. The molecular formula is C27H33ClN2O4. The summed E-state index contributed by atoms with van der Waals surface area (Å²) in [5.41, 5.74) is 3.11. The lowest BCUT2D eigenvalue weighted by Gasteiger charge is -2.41. The van der Waals surface area contributed by atoms with Crippen molar-refractivity contribution in [2.75, 3.05) is 20.3 Å². The molecule has 1 aliphatic heterocycles. The molecule has 0 aromatic heterocycles. The molecule has 2 amide bonds. The average Bonchev–Trinajstić information content (AvgIpc) is 2.77. The molecule has 7 heteroatoms. The Bertz CT molecular complexity index is 1090. The molecule has 2 aromatic carbocycles. The summed E-state index contributed by atoms with van der Waals surface area (Å²) >= 11 is 6.70. The van der Waals surface area contributed by atoms with Crippen LogP contribution in [0, 0.1) is 5.41 Å². The van der Waals surface area contributed by atoms with E-state index in [1.165, 1.54) is 0 Å². The Morgan fingerprint density at radius 1 is 1.18 bits per heavy atom. The second-order valence-corrected chi connectivity index (χ2v) is 10.4. The summed E-state index contributed by atoms with van der Waals surface area (Å²) in [7, 11) is 1.59. The minimum atomic E-state index is -0.986. The number of amides is 2. The van der Waals surface area contributed by atoms with Crippen LogP contribution in [0.2, 0.25) is 5.02 Å². The second-order valence-electron chi connectivity index (χ2n) is 10.0. The van der Waals surface area contributed by atoms with E-state index in [4.69, 9.17) is 16.3 Å². The van der Waals surface area contributed by atoms with Crippen molar-refractivity contribution in [1.82, 2.24) is 10.2 Å². The van der Waals surface area contributed by atoms with Gasteiger partial charge in [-0.25, -0.2) is 9.59 Å². The molecule has 1 atom stereocenters. The summed E-state index contributed by atoms with van der Waals surface area (Å²) in [6.45, 7) is 9.33. The highest BCUT2D eigenvalue weighted by Crippen LogP contribution is 2.40. The SMILES string of the molecule is COCCN1C=C(c2ccc(C(=O)O)cc2)[C@](C)(c2ccc(CCC(C)(C)C)c(Cl)c2)NC1=O. The minimum absolute atomic E-state index is 0.202. The zero-order valence-corrected chi connectivity index (χ0v) is 21.2. The summed E-state index contributed by atoms with van der Waals surface area (Å²) < 4.78 is 5.15. The Labute approximate surface area is 206 Å². The number of carboxylic acid groups (broad SMARTS) is 1. The van der Waals surface area contributed by atoms with Gasteiger partial charge < -0.3 is 15.2 Å². The third-order valence-corrected chi connectivity index (χ3v) is 6.55. The maximum absolute atomic E-state index is 13.0. The Kier molecular flexibility index (Phi) is 7.74. The molecule has 34 heavy (non-hydrogen) atoms. The van der Waals surface area contributed by atoms with Crippen molar-refractivity contribution in [2.24, 2.45) is 5.41 Å². The summed E-state index contributed by atoms with van der Waals surface area (Å²) in [6, 6.07) is 12.4. The highest BCUT2D eigenvalue weighted by Gasteiger charge is 2.39. The van der Waals surface area contributed by atoms with Gasteiger partial charge in [0.2, 0.25) is 0 Å². The molecule has 0 bridgehead atoms. The van der Waals surface area contributed by atoms with Gasteiger partial charge in [0.1, 0.15) is 0 Å². The number of halogens is 1. The highest BCUT2D eigenvalue weighted by molar-refractivity contribution is 6.31. The van der Waals surface area contributed by atoms with Gasteiger partial charge >= 0.3 is 12.0 Å². The van der Waals surface area contributed by atoms with Crippen LogP contribution in [0.15, 0.2) is 48.7 Å². The van der Waals surface area contributed by atoms with Gasteiger partial charge in [-0.1, -0.05) is 56.6 Å². The highest BCUT2D eigenvalue weighted by atomic mass is 35.5. The van der Waals surface area contributed by atoms with E-state index in [2.05, 4.69) is 26.1 Å². The monoisotopic (exact) mass is 484 g/mol. The van der Waals surface area contributed by atoms with Crippen LogP contribution in [0.4, 0.5) is 4.79 Å². The Balaban J connectivity index is 2.04. The maximum atomic E-state index is 13.0. The van der Waals surface area contributed by atoms with Gasteiger partial charge in [-0.2, -0.15) is 0 Å². The molecule has 1 heterocycles. The van der Waals surface area contributed by atoms with Gasteiger partial charge in [-0.15, -0.1) is 0 Å². The van der Waals surface area contributed by atoms with Gasteiger partial charge in [-0.3, -0.25) is 4.90 Å². The molecule has 0 radical (unpaired) electrons. The molecule has 0 unspecified atom stereocenters. The third kappa shape index (κ3) is 5.80. The number of rotatable bonds is 8. The smallest absolute Gasteiger partial charge is 0.335 e. The van der Waals surface area contributed by atoms with E-state index in [-0.39, 0.29) is 17.0 Å². The molecule has 0 saturated heterocycles. The van der Waals surface area contributed by atoms with Crippen molar-refractivity contribution in [3.63, 3.8) is 0 Å². The van der Waals surface area contributed by atoms with Crippen LogP contribution in [0.5, 0.6) is 0 Å². The first-order valence-corrected chi connectivity index (χ1v) is 11.7. The van der Waals surface area contributed by atoms with E-state index in [1.54, 1.807) is 36.3 Å². The molecule has 182 valence electrons. The number of benzene rings is 2. The lowest BCUT2D eigenvalue weighted by Crippen LogP contribution is -2.53. The predicted molar refractivity (Wildman–Crippen MR) is 135 cm³/mol. The van der Waals surface area contributed by atoms with Crippen molar-refractivity contribution in [2.45, 2.75) is 46.1 Å². The number of ether oxygens (including phenoxy) is 1. The first-order valence-electron chi connectivity index (χ1n) is 11.4. The van der Waals surface area contributed by atoms with E-state index in [0.717, 1.165) is 35.1 Å². The fourth-order valence-electron chi connectivity index (χ4n) is 4.01. The van der Waals surface area contributed by atoms with Crippen LogP contribution < -0.4 is 5.32 Å². The van der Waals surface area contributed by atoms with Crippen LogP contribution >= 0.6 is 11.6 Å². The number of methoxy groups -OCH3 is 1. The topological polar surface area (TPSA) is 78.9 Å². The second kappa shape index (κ2) is 10.2. The van der Waals surface area contributed by atoms with E-state index in [0.29, 0.717) is 18.2 Å². The standard InChI is InChI=1S/C27H33ClN2O4/c1-26(2,3)13-12-19-10-11-21(16-23(19)28)27(4)22(17-30(14-15-34-5)25(33)29-27)18-6-8-20(9-7-18)24(31)32/h6-11,16-17H,12-15H2,1-5H3,(H,29,33)(H,31,32)/t27-/m0/s1. The number of hydrogen-bond acceptors (Lipinski definition) is 3. The molecule has 0 spiro atoms. The first-order chi connectivity index (χ1) is 15.9. The van der Waals surface area contributed by atoms with Crippen molar-refractivity contribution in [1.29, 1.82) is 0 Å². The molecule has 0 saturated carbocycles. The van der Waals surface area contributed by atoms with Crippen molar-refractivity contribution in [3.8, 4) is 0 Å². The summed E-state index contributed by atoms with van der Waals surface area (Å²) in [6.07, 6.45) is 3.69. The number of carbonyl (C=O) groups is 2. The van der Waals surface area contributed by atoms with Gasteiger partial charge in [-0.05, 0) is 60.1 Å². The largest absolute Gasteiger partial charge is 0.478 e. The lowest BCUT2D eigenvalue weighted by molar-refractivity contribution is 0.0697. The van der Waals surface area contributed by atoms with Crippen LogP contribution in [0.1, 0.15) is 61.2 Å². The summed E-state index contributed by atoms with van der Waals surface area (Å²) in [5.74, 6) is -0.986. The molecule has 0 fully saturated rings. The molecule has 6 nitrogen and oxygen atoms in total. The molecular weight excluding hydrogens is 452 g/mol. The van der Waals surface area contributed by atoms with Crippen LogP contribution in [-0.2, 0) is 16.7 Å². The van der Waals surface area contributed by atoms with E-state index in [1.807, 2.05) is 31.3 Å². The van der Waals surface area contributed by atoms with Gasteiger partial charge in [0.05, 0.1) is 24.3 Å². The summed E-state index contributed by atoms with van der Waals surface area (Å²) in [4.78, 5) is 25.9.